The fourth-order valence-electron chi connectivity index (χ4n) is 4.69. The van der Waals surface area contributed by atoms with Crippen LogP contribution in [0.5, 0.6) is 0 Å². The number of carbonyl (C=O) groups excluding carboxylic acids is 1. The van der Waals surface area contributed by atoms with E-state index >= 15 is 0 Å². The van der Waals surface area contributed by atoms with E-state index in [1.807, 2.05) is 17.0 Å². The first-order valence-electron chi connectivity index (χ1n) is 12.0. The predicted octanol–water partition coefficient (Wildman–Crippen LogP) is 7.14. The lowest BCUT2D eigenvalue weighted by atomic mass is 9.89. The summed E-state index contributed by atoms with van der Waals surface area (Å²) in [6.45, 7) is 9.36. The second kappa shape index (κ2) is 10.7. The Morgan fingerprint density at radius 2 is 1.71 bits per heavy atom. The molecule has 0 radical (unpaired) electrons. The van der Waals surface area contributed by atoms with Crippen LogP contribution in [-0.2, 0) is 12.8 Å². The first-order chi connectivity index (χ1) is 14.9. The van der Waals surface area contributed by atoms with E-state index < -0.39 is 0 Å². The first-order valence-corrected chi connectivity index (χ1v) is 12.0. The summed E-state index contributed by atoms with van der Waals surface area (Å²) in [5.74, 6) is 1.03. The molecule has 0 atom stereocenters. The number of nitrogen functional groups attached to an aromatic ring is 1. The zero-order valence-corrected chi connectivity index (χ0v) is 19.7. The van der Waals surface area contributed by atoms with Crippen LogP contribution < -0.4 is 16.0 Å². The second-order valence-electron chi connectivity index (χ2n) is 9.17. The molecule has 0 bridgehead atoms. The second-order valence-corrected chi connectivity index (χ2v) is 9.17. The molecule has 1 aliphatic rings. The molecule has 3 rings (SSSR count). The van der Waals surface area contributed by atoms with Crippen LogP contribution in [0, 0.1) is 5.92 Å². The fraction of sp³-hybridized carbons (Fsp3) is 0.519. The average molecular weight is 422 g/mol. The Balaban J connectivity index is 1.91. The number of nitrogens with one attached hydrogen (secondary N) is 1. The summed E-state index contributed by atoms with van der Waals surface area (Å²) >= 11 is 0. The van der Waals surface area contributed by atoms with Gasteiger partial charge in [0.1, 0.15) is 0 Å². The zero-order valence-electron chi connectivity index (χ0n) is 19.7. The van der Waals surface area contributed by atoms with Gasteiger partial charge in [0.2, 0.25) is 0 Å². The normalized spacial score (nSPS) is 14.6. The van der Waals surface area contributed by atoms with Gasteiger partial charge in [-0.3, -0.25) is 4.90 Å². The molecule has 2 aromatic rings. The molecule has 0 heterocycles. The minimum Gasteiger partial charge on any atom is -0.398 e. The van der Waals surface area contributed by atoms with E-state index in [0.717, 1.165) is 47.6 Å². The molecule has 0 unspecified atom stereocenters. The van der Waals surface area contributed by atoms with Gasteiger partial charge >= 0.3 is 6.03 Å². The van der Waals surface area contributed by atoms with E-state index in [4.69, 9.17) is 5.73 Å². The smallest absolute Gasteiger partial charge is 0.326 e. The SMILES string of the molecule is CCc1ccc(N)c(CC)c1NC(=O)N(CC1CCCCC1)c1ccc(C(C)C)cc1. The molecule has 2 amide bonds. The molecule has 4 heteroatoms. The molecule has 1 aliphatic carbocycles. The largest absolute Gasteiger partial charge is 0.398 e. The van der Waals surface area contributed by atoms with E-state index in [1.54, 1.807) is 0 Å². The van der Waals surface area contributed by atoms with E-state index in [0.29, 0.717) is 11.8 Å². The van der Waals surface area contributed by atoms with E-state index in [1.165, 1.54) is 37.7 Å². The highest BCUT2D eigenvalue weighted by Crippen LogP contribution is 2.31. The van der Waals surface area contributed by atoms with Crippen LogP contribution >= 0.6 is 0 Å². The molecular weight excluding hydrogens is 382 g/mol. The fourth-order valence-corrected chi connectivity index (χ4v) is 4.69. The number of urea groups is 1. The molecule has 168 valence electrons. The van der Waals surface area contributed by atoms with Gasteiger partial charge in [-0.05, 0) is 72.4 Å². The highest BCUT2D eigenvalue weighted by molar-refractivity contribution is 6.03. The van der Waals surface area contributed by atoms with Crippen molar-refractivity contribution in [2.75, 3.05) is 22.5 Å². The van der Waals surface area contributed by atoms with Crippen LogP contribution in [0.3, 0.4) is 0 Å². The number of rotatable bonds is 7. The number of amides is 2. The van der Waals surface area contributed by atoms with Gasteiger partial charge in [0.25, 0.3) is 0 Å². The maximum atomic E-state index is 13.6. The zero-order chi connectivity index (χ0) is 22.4. The Hall–Kier alpha value is -2.49. The van der Waals surface area contributed by atoms with Crippen LogP contribution in [0.4, 0.5) is 21.9 Å². The minimum atomic E-state index is -0.0575. The molecule has 1 saturated carbocycles. The minimum absolute atomic E-state index is 0.0575. The lowest BCUT2D eigenvalue weighted by Gasteiger charge is -2.31. The Kier molecular flexibility index (Phi) is 8.00. The molecule has 1 fully saturated rings. The maximum Gasteiger partial charge on any atom is 0.326 e. The van der Waals surface area contributed by atoms with E-state index in [-0.39, 0.29) is 6.03 Å². The Morgan fingerprint density at radius 3 is 2.29 bits per heavy atom. The van der Waals surface area contributed by atoms with E-state index in [2.05, 4.69) is 57.3 Å². The summed E-state index contributed by atoms with van der Waals surface area (Å²) in [7, 11) is 0. The van der Waals surface area contributed by atoms with Crippen molar-refractivity contribution in [3.8, 4) is 0 Å². The van der Waals surface area contributed by atoms with Crippen molar-refractivity contribution in [3.05, 3.63) is 53.1 Å². The Labute approximate surface area is 188 Å². The number of nitrogens with two attached hydrogens (primary N) is 1. The Morgan fingerprint density at radius 1 is 1.03 bits per heavy atom. The van der Waals surface area contributed by atoms with Gasteiger partial charge in [-0.1, -0.05) is 65.2 Å². The lowest BCUT2D eigenvalue weighted by molar-refractivity contribution is 0.254. The molecule has 4 nitrogen and oxygen atoms in total. The van der Waals surface area contributed by atoms with Crippen LogP contribution in [0.1, 0.15) is 82.4 Å². The Bertz CT molecular complexity index is 867. The van der Waals surface area contributed by atoms with Crippen LogP contribution in [-0.4, -0.2) is 12.6 Å². The standard InChI is InChI=1S/C27H39N3O/c1-5-21-14-17-25(28)24(6-2)26(21)29-27(31)30(18-20-10-8-7-9-11-20)23-15-12-22(13-16-23)19(3)4/h12-17,19-20H,5-11,18,28H2,1-4H3,(H,29,31). The highest BCUT2D eigenvalue weighted by Gasteiger charge is 2.24. The van der Waals surface area contributed by atoms with Gasteiger partial charge in [-0.25, -0.2) is 4.79 Å². The molecule has 3 N–H and O–H groups in total. The van der Waals surface area contributed by atoms with Crippen molar-refractivity contribution in [1.82, 2.24) is 0 Å². The van der Waals surface area contributed by atoms with Crippen molar-refractivity contribution in [2.45, 2.75) is 78.6 Å². The lowest BCUT2D eigenvalue weighted by Crippen LogP contribution is -2.39. The highest BCUT2D eigenvalue weighted by atomic mass is 16.2. The predicted molar refractivity (Wildman–Crippen MR) is 133 cm³/mol. The van der Waals surface area contributed by atoms with Crippen LogP contribution in [0.15, 0.2) is 36.4 Å². The van der Waals surface area contributed by atoms with Gasteiger partial charge in [0.05, 0.1) is 5.69 Å². The summed E-state index contributed by atoms with van der Waals surface area (Å²) in [6.07, 6.45) is 7.90. The molecule has 0 spiro atoms. The van der Waals surface area contributed by atoms with Crippen molar-refractivity contribution >= 4 is 23.1 Å². The number of carbonyl (C=O) groups is 1. The number of nitrogens with zero attached hydrogens (tertiary/aromatic N) is 1. The van der Waals surface area contributed by atoms with Crippen molar-refractivity contribution in [2.24, 2.45) is 5.92 Å². The summed E-state index contributed by atoms with van der Waals surface area (Å²) in [5, 5.41) is 3.25. The average Bonchev–Trinajstić information content (AvgIpc) is 2.78. The number of aryl methyl sites for hydroxylation is 1. The number of anilines is 3. The summed E-state index contributed by atoms with van der Waals surface area (Å²) in [6, 6.07) is 12.4. The van der Waals surface area contributed by atoms with Gasteiger partial charge < -0.3 is 11.1 Å². The molecular formula is C27H39N3O. The third-order valence-corrected chi connectivity index (χ3v) is 6.68. The summed E-state index contributed by atoms with van der Waals surface area (Å²) in [4.78, 5) is 15.6. The summed E-state index contributed by atoms with van der Waals surface area (Å²) < 4.78 is 0. The van der Waals surface area contributed by atoms with Gasteiger partial charge in [0, 0.05) is 17.9 Å². The molecule has 0 saturated heterocycles. The summed E-state index contributed by atoms with van der Waals surface area (Å²) in [5.41, 5.74) is 12.3. The third kappa shape index (κ3) is 5.61. The quantitative estimate of drug-likeness (QED) is 0.467. The third-order valence-electron chi connectivity index (χ3n) is 6.68. The number of benzene rings is 2. The van der Waals surface area contributed by atoms with Gasteiger partial charge in [0.15, 0.2) is 0 Å². The maximum absolute atomic E-state index is 13.6. The van der Waals surface area contributed by atoms with Crippen molar-refractivity contribution in [1.29, 1.82) is 0 Å². The molecule has 0 aliphatic heterocycles. The molecule has 2 aromatic carbocycles. The van der Waals surface area contributed by atoms with E-state index in [9.17, 15) is 4.79 Å². The monoisotopic (exact) mass is 421 g/mol. The first kappa shape index (κ1) is 23.2. The topological polar surface area (TPSA) is 58.4 Å². The molecule has 31 heavy (non-hydrogen) atoms. The van der Waals surface area contributed by atoms with Crippen molar-refractivity contribution < 1.29 is 4.79 Å². The van der Waals surface area contributed by atoms with Crippen molar-refractivity contribution in [3.63, 3.8) is 0 Å². The number of hydrogen-bond donors (Lipinski definition) is 2. The van der Waals surface area contributed by atoms with Crippen LogP contribution in [0.2, 0.25) is 0 Å². The van der Waals surface area contributed by atoms with Crippen LogP contribution in [0.25, 0.3) is 0 Å². The van der Waals surface area contributed by atoms with Gasteiger partial charge in [-0.2, -0.15) is 0 Å². The van der Waals surface area contributed by atoms with Gasteiger partial charge in [-0.15, -0.1) is 0 Å². The number of hydrogen-bond acceptors (Lipinski definition) is 2. The molecule has 0 aromatic heterocycles.